The van der Waals surface area contributed by atoms with Crippen LogP contribution >= 0.6 is 11.3 Å². The quantitative estimate of drug-likeness (QED) is 0.614. The predicted molar refractivity (Wildman–Crippen MR) is 70.2 cm³/mol. The molecule has 0 amide bonds. The van der Waals surface area contributed by atoms with Gasteiger partial charge in [0.2, 0.25) is 0 Å². The topological polar surface area (TPSA) is 58.7 Å². The summed E-state index contributed by atoms with van der Waals surface area (Å²) >= 11 is 1.48. The van der Waals surface area contributed by atoms with Gasteiger partial charge in [0.15, 0.2) is 0 Å². The smallest absolute Gasteiger partial charge is 0.266 e. The highest BCUT2D eigenvalue weighted by atomic mass is 32.1. The second-order valence-corrected chi connectivity index (χ2v) is 4.81. The molecule has 4 nitrogen and oxygen atoms in total. The zero-order valence-electron chi connectivity index (χ0n) is 10.0. The Morgan fingerprint density at radius 3 is 2.83 bits per heavy atom. The maximum Gasteiger partial charge on any atom is 0.289 e. The van der Waals surface area contributed by atoms with Gasteiger partial charge in [-0.1, -0.05) is 6.07 Å². The SMILES string of the molecule is Cc1cc(C)n(C(=O)/C(C#N)=C/c2cccs2)n1. The summed E-state index contributed by atoms with van der Waals surface area (Å²) in [4.78, 5) is 13.0. The summed E-state index contributed by atoms with van der Waals surface area (Å²) in [6.07, 6.45) is 1.59. The van der Waals surface area contributed by atoms with Gasteiger partial charge in [0.05, 0.1) is 5.69 Å². The molecule has 90 valence electrons. The van der Waals surface area contributed by atoms with Crippen LogP contribution in [0.2, 0.25) is 0 Å². The number of aromatic nitrogens is 2. The maximum atomic E-state index is 12.2. The highest BCUT2D eigenvalue weighted by Crippen LogP contribution is 2.15. The van der Waals surface area contributed by atoms with Crippen molar-refractivity contribution in [2.75, 3.05) is 0 Å². The minimum absolute atomic E-state index is 0.0867. The fraction of sp³-hybridized carbons (Fsp3) is 0.154. The number of nitriles is 1. The van der Waals surface area contributed by atoms with Crippen molar-refractivity contribution in [2.45, 2.75) is 13.8 Å². The van der Waals surface area contributed by atoms with Gasteiger partial charge in [-0.15, -0.1) is 11.3 Å². The first-order chi connectivity index (χ1) is 8.61. The van der Waals surface area contributed by atoms with Crippen molar-refractivity contribution in [3.63, 3.8) is 0 Å². The largest absolute Gasteiger partial charge is 0.289 e. The minimum Gasteiger partial charge on any atom is -0.266 e. The van der Waals surface area contributed by atoms with Crippen molar-refractivity contribution in [3.8, 4) is 6.07 Å². The van der Waals surface area contributed by atoms with Crippen LogP contribution in [0.4, 0.5) is 0 Å². The second-order valence-electron chi connectivity index (χ2n) is 3.83. The van der Waals surface area contributed by atoms with Crippen LogP contribution in [0.3, 0.4) is 0 Å². The predicted octanol–water partition coefficient (Wildman–Crippen LogP) is 2.81. The monoisotopic (exact) mass is 257 g/mol. The third-order valence-corrected chi connectivity index (χ3v) is 3.20. The molecule has 0 saturated heterocycles. The molecule has 0 N–H and O–H groups in total. The highest BCUT2D eigenvalue weighted by molar-refractivity contribution is 7.10. The summed E-state index contributed by atoms with van der Waals surface area (Å²) in [7, 11) is 0. The van der Waals surface area contributed by atoms with Crippen LogP contribution in [0.1, 0.15) is 21.1 Å². The molecule has 0 unspecified atom stereocenters. The summed E-state index contributed by atoms with van der Waals surface area (Å²) in [5, 5.41) is 15.1. The van der Waals surface area contributed by atoms with E-state index in [9.17, 15) is 4.79 Å². The van der Waals surface area contributed by atoms with Gasteiger partial charge in [-0.3, -0.25) is 4.79 Å². The number of carbonyl (C=O) groups excluding carboxylic acids is 1. The molecule has 0 atom stereocenters. The van der Waals surface area contributed by atoms with Gasteiger partial charge in [0, 0.05) is 10.6 Å². The molecule has 0 saturated carbocycles. The van der Waals surface area contributed by atoms with E-state index < -0.39 is 5.91 Å². The molecular weight excluding hydrogens is 246 g/mol. The summed E-state index contributed by atoms with van der Waals surface area (Å²) in [5.74, 6) is -0.392. The van der Waals surface area contributed by atoms with Crippen molar-refractivity contribution < 1.29 is 4.79 Å². The Labute approximate surface area is 109 Å². The molecule has 2 aromatic heterocycles. The zero-order valence-corrected chi connectivity index (χ0v) is 10.9. The maximum absolute atomic E-state index is 12.2. The highest BCUT2D eigenvalue weighted by Gasteiger charge is 2.15. The Kier molecular flexibility index (Phi) is 3.40. The van der Waals surface area contributed by atoms with Gasteiger partial charge in [-0.2, -0.15) is 10.4 Å². The number of aryl methyl sites for hydroxylation is 2. The number of carbonyl (C=O) groups is 1. The van der Waals surface area contributed by atoms with Gasteiger partial charge < -0.3 is 0 Å². The van der Waals surface area contributed by atoms with Crippen LogP contribution in [0, 0.1) is 25.2 Å². The Balaban J connectivity index is 2.38. The minimum atomic E-state index is -0.392. The summed E-state index contributed by atoms with van der Waals surface area (Å²) in [5.41, 5.74) is 1.57. The number of nitrogens with zero attached hydrogens (tertiary/aromatic N) is 3. The molecule has 2 heterocycles. The van der Waals surface area contributed by atoms with Crippen LogP contribution in [-0.4, -0.2) is 15.7 Å². The molecule has 2 aromatic rings. The number of hydrogen-bond acceptors (Lipinski definition) is 4. The lowest BCUT2D eigenvalue weighted by Crippen LogP contribution is -2.15. The van der Waals surface area contributed by atoms with Crippen LogP contribution in [-0.2, 0) is 0 Å². The molecule has 0 radical (unpaired) electrons. The number of allylic oxidation sites excluding steroid dienone is 1. The molecule has 0 bridgehead atoms. The van der Waals surface area contributed by atoms with E-state index in [0.29, 0.717) is 0 Å². The van der Waals surface area contributed by atoms with Crippen LogP contribution < -0.4 is 0 Å². The Hall–Kier alpha value is -2.19. The molecular formula is C13H11N3OS. The molecule has 0 aliphatic rings. The average molecular weight is 257 g/mol. The van der Waals surface area contributed by atoms with E-state index in [1.165, 1.54) is 16.0 Å². The van der Waals surface area contributed by atoms with Gasteiger partial charge in [0.25, 0.3) is 5.91 Å². The van der Waals surface area contributed by atoms with Gasteiger partial charge in [0.1, 0.15) is 11.6 Å². The van der Waals surface area contributed by atoms with E-state index >= 15 is 0 Å². The average Bonchev–Trinajstić information content (AvgIpc) is 2.95. The van der Waals surface area contributed by atoms with E-state index in [1.807, 2.05) is 30.5 Å². The van der Waals surface area contributed by atoms with Crippen molar-refractivity contribution >= 4 is 23.3 Å². The zero-order chi connectivity index (χ0) is 13.1. The summed E-state index contributed by atoms with van der Waals surface area (Å²) < 4.78 is 1.26. The molecule has 18 heavy (non-hydrogen) atoms. The first kappa shape index (κ1) is 12.3. The second kappa shape index (κ2) is 4.98. The standard InChI is InChI=1S/C13H11N3OS/c1-9-6-10(2)16(15-9)13(17)11(8-14)7-12-4-3-5-18-12/h3-7H,1-2H3/b11-7+. The third-order valence-electron chi connectivity index (χ3n) is 2.38. The number of hydrogen-bond donors (Lipinski definition) is 0. The first-order valence-electron chi connectivity index (χ1n) is 5.35. The fourth-order valence-electron chi connectivity index (χ4n) is 1.61. The lowest BCUT2D eigenvalue weighted by atomic mass is 10.2. The lowest BCUT2D eigenvalue weighted by Gasteiger charge is -2.00. The molecule has 0 aliphatic heterocycles. The molecule has 0 spiro atoms. The fourth-order valence-corrected chi connectivity index (χ4v) is 2.26. The third kappa shape index (κ3) is 2.39. The van der Waals surface area contributed by atoms with E-state index in [1.54, 1.807) is 19.1 Å². The summed E-state index contributed by atoms with van der Waals surface area (Å²) in [6, 6.07) is 7.47. The Bertz CT molecular complexity index is 644. The normalized spacial score (nSPS) is 11.3. The molecule has 0 aliphatic carbocycles. The lowest BCUT2D eigenvalue weighted by molar-refractivity contribution is 0.0944. The van der Waals surface area contributed by atoms with Crippen molar-refractivity contribution in [3.05, 3.63) is 45.4 Å². The van der Waals surface area contributed by atoms with Crippen LogP contribution in [0.25, 0.3) is 6.08 Å². The van der Waals surface area contributed by atoms with Crippen LogP contribution in [0.15, 0.2) is 29.2 Å². The van der Waals surface area contributed by atoms with Crippen molar-refractivity contribution in [1.29, 1.82) is 5.26 Å². The van der Waals surface area contributed by atoms with Gasteiger partial charge in [-0.05, 0) is 37.4 Å². The van der Waals surface area contributed by atoms with Crippen molar-refractivity contribution in [1.82, 2.24) is 9.78 Å². The van der Waals surface area contributed by atoms with Crippen molar-refractivity contribution in [2.24, 2.45) is 0 Å². The molecule has 0 aromatic carbocycles. The van der Waals surface area contributed by atoms with Gasteiger partial charge in [-0.25, -0.2) is 4.68 Å². The van der Waals surface area contributed by atoms with E-state index in [4.69, 9.17) is 5.26 Å². The molecule has 5 heteroatoms. The summed E-state index contributed by atoms with van der Waals surface area (Å²) in [6.45, 7) is 3.60. The number of thiophene rings is 1. The molecule has 0 fully saturated rings. The van der Waals surface area contributed by atoms with Crippen LogP contribution in [0.5, 0.6) is 0 Å². The van der Waals surface area contributed by atoms with E-state index in [2.05, 4.69) is 5.10 Å². The first-order valence-corrected chi connectivity index (χ1v) is 6.23. The molecule has 2 rings (SSSR count). The Morgan fingerprint density at radius 1 is 1.56 bits per heavy atom. The van der Waals surface area contributed by atoms with Gasteiger partial charge >= 0.3 is 0 Å². The van der Waals surface area contributed by atoms with E-state index in [0.717, 1.165) is 16.3 Å². The Morgan fingerprint density at radius 2 is 2.33 bits per heavy atom. The number of rotatable bonds is 2. The van der Waals surface area contributed by atoms with E-state index in [-0.39, 0.29) is 5.57 Å².